The van der Waals surface area contributed by atoms with E-state index in [0.717, 1.165) is 0 Å². The highest BCUT2D eigenvalue weighted by atomic mass is 19.1. The molecule has 9 heteroatoms. The van der Waals surface area contributed by atoms with Crippen molar-refractivity contribution in [3.05, 3.63) is 82.3 Å². The predicted molar refractivity (Wildman–Crippen MR) is 93.5 cm³/mol. The van der Waals surface area contributed by atoms with E-state index >= 15 is 0 Å². The minimum absolute atomic E-state index is 0.0277. The number of rotatable bonds is 6. The summed E-state index contributed by atoms with van der Waals surface area (Å²) in [5.41, 5.74) is -0.0939. The summed E-state index contributed by atoms with van der Waals surface area (Å²) in [6.07, 6.45) is 4.13. The van der Waals surface area contributed by atoms with Gasteiger partial charge in [0, 0.05) is 12.4 Å². The number of benzene rings is 1. The molecule has 0 aliphatic heterocycles. The van der Waals surface area contributed by atoms with E-state index in [1.807, 2.05) is 0 Å². The van der Waals surface area contributed by atoms with Crippen LogP contribution in [-0.4, -0.2) is 25.8 Å². The largest absolute Gasteiger partial charge is 0.486 e. The molecule has 27 heavy (non-hydrogen) atoms. The van der Waals surface area contributed by atoms with E-state index in [4.69, 9.17) is 4.74 Å². The molecule has 8 nitrogen and oxygen atoms in total. The van der Waals surface area contributed by atoms with Gasteiger partial charge in [0.05, 0.1) is 11.7 Å². The number of nitrogens with zero attached hydrogens (tertiary/aromatic N) is 3. The quantitative estimate of drug-likeness (QED) is 0.685. The third-order valence-electron chi connectivity index (χ3n) is 3.68. The molecule has 2 heterocycles. The zero-order chi connectivity index (χ0) is 19.2. The minimum atomic E-state index is -0.588. The van der Waals surface area contributed by atoms with Crippen LogP contribution in [0.3, 0.4) is 0 Å². The van der Waals surface area contributed by atoms with Crippen molar-refractivity contribution in [1.29, 1.82) is 0 Å². The maximum atomic E-state index is 12.9. The van der Waals surface area contributed by atoms with E-state index in [0.29, 0.717) is 11.4 Å². The number of ether oxygens (including phenoxy) is 1. The van der Waals surface area contributed by atoms with E-state index < -0.39 is 17.5 Å². The van der Waals surface area contributed by atoms with E-state index in [1.54, 1.807) is 19.2 Å². The first-order valence-electron chi connectivity index (χ1n) is 8.06. The van der Waals surface area contributed by atoms with E-state index in [-0.39, 0.29) is 23.8 Å². The number of aromatic nitrogens is 4. The Balaban J connectivity index is 1.64. The zero-order valence-electron chi connectivity index (χ0n) is 14.3. The van der Waals surface area contributed by atoms with Gasteiger partial charge < -0.3 is 15.0 Å². The second kappa shape index (κ2) is 8.17. The van der Waals surface area contributed by atoms with Gasteiger partial charge in [-0.2, -0.15) is 0 Å². The molecule has 0 saturated heterocycles. The molecule has 0 aliphatic carbocycles. The number of H-pyrrole nitrogens is 1. The molecule has 1 atom stereocenters. The van der Waals surface area contributed by atoms with Crippen molar-refractivity contribution in [1.82, 2.24) is 25.3 Å². The van der Waals surface area contributed by atoms with Crippen LogP contribution in [-0.2, 0) is 6.61 Å². The first kappa shape index (κ1) is 18.2. The number of hydrogen-bond acceptors (Lipinski definition) is 6. The molecule has 1 aromatic carbocycles. The molecule has 0 fully saturated rings. The summed E-state index contributed by atoms with van der Waals surface area (Å²) < 4.78 is 18.3. The molecule has 0 spiro atoms. The maximum absolute atomic E-state index is 12.9. The highest BCUT2D eigenvalue weighted by molar-refractivity contribution is 5.93. The van der Waals surface area contributed by atoms with Crippen LogP contribution >= 0.6 is 0 Å². The van der Waals surface area contributed by atoms with Gasteiger partial charge in [0.15, 0.2) is 0 Å². The lowest BCUT2D eigenvalue weighted by Crippen LogP contribution is -2.32. The van der Waals surface area contributed by atoms with Gasteiger partial charge in [0.2, 0.25) is 0 Å². The normalized spacial score (nSPS) is 11.6. The molecule has 0 radical (unpaired) electrons. The van der Waals surface area contributed by atoms with Crippen LogP contribution in [0.4, 0.5) is 4.39 Å². The van der Waals surface area contributed by atoms with Gasteiger partial charge in [0.1, 0.15) is 35.9 Å². The lowest BCUT2D eigenvalue weighted by atomic mass is 10.2. The molecule has 3 aromatic rings. The van der Waals surface area contributed by atoms with Gasteiger partial charge >= 0.3 is 0 Å². The van der Waals surface area contributed by atoms with Crippen molar-refractivity contribution in [2.75, 3.05) is 0 Å². The fraction of sp³-hybridized carbons (Fsp3) is 0.167. The van der Waals surface area contributed by atoms with Crippen molar-refractivity contribution in [3.63, 3.8) is 0 Å². The smallest absolute Gasteiger partial charge is 0.263 e. The summed E-state index contributed by atoms with van der Waals surface area (Å²) in [5.74, 6) is -0.273. The van der Waals surface area contributed by atoms with Gasteiger partial charge in [-0.15, -0.1) is 0 Å². The first-order chi connectivity index (χ1) is 13.0. The third kappa shape index (κ3) is 4.72. The summed E-state index contributed by atoms with van der Waals surface area (Å²) in [5, 5.41) is 2.68. The van der Waals surface area contributed by atoms with Crippen LogP contribution < -0.4 is 15.6 Å². The molecule has 0 unspecified atom stereocenters. The molecule has 1 amide bonds. The second-order valence-corrected chi connectivity index (χ2v) is 5.64. The Morgan fingerprint density at radius 2 is 2.04 bits per heavy atom. The van der Waals surface area contributed by atoms with Gasteiger partial charge in [-0.1, -0.05) is 0 Å². The van der Waals surface area contributed by atoms with Crippen LogP contribution in [0.1, 0.15) is 34.8 Å². The average molecular weight is 369 g/mol. The van der Waals surface area contributed by atoms with Gasteiger partial charge in [-0.25, -0.2) is 19.3 Å². The molecule has 3 rings (SSSR count). The van der Waals surface area contributed by atoms with Crippen molar-refractivity contribution in [2.45, 2.75) is 19.6 Å². The van der Waals surface area contributed by atoms with E-state index in [1.165, 1.54) is 36.8 Å². The van der Waals surface area contributed by atoms with Crippen LogP contribution in [0.25, 0.3) is 0 Å². The van der Waals surface area contributed by atoms with Gasteiger partial charge in [0.25, 0.3) is 11.5 Å². The van der Waals surface area contributed by atoms with Gasteiger partial charge in [-0.05, 0) is 37.3 Å². The highest BCUT2D eigenvalue weighted by Gasteiger charge is 2.16. The molecule has 0 aliphatic rings. The molecule has 0 bridgehead atoms. The van der Waals surface area contributed by atoms with Crippen LogP contribution in [0.15, 0.2) is 53.8 Å². The standard InChI is InChI=1S/C18H16FN5O3/c1-11(15-6-7-20-10-22-15)23-17(25)14-8-21-16(24-18(14)26)9-27-13-4-2-12(19)3-5-13/h2-8,10-11H,9H2,1H3,(H,23,25)(H,21,24,26)/t11-/m0/s1. The summed E-state index contributed by atoms with van der Waals surface area (Å²) in [4.78, 5) is 38.9. The number of carbonyl (C=O) groups is 1. The lowest BCUT2D eigenvalue weighted by Gasteiger charge is -2.12. The number of halogens is 1. The van der Waals surface area contributed by atoms with Crippen molar-refractivity contribution in [3.8, 4) is 5.75 Å². The van der Waals surface area contributed by atoms with E-state index in [9.17, 15) is 14.0 Å². The average Bonchev–Trinajstić information content (AvgIpc) is 2.68. The lowest BCUT2D eigenvalue weighted by molar-refractivity contribution is 0.0937. The molecular formula is C18H16FN5O3. The number of hydrogen-bond donors (Lipinski definition) is 2. The minimum Gasteiger partial charge on any atom is -0.486 e. The van der Waals surface area contributed by atoms with Crippen LogP contribution in [0.2, 0.25) is 0 Å². The van der Waals surface area contributed by atoms with Crippen LogP contribution in [0.5, 0.6) is 5.75 Å². The number of carbonyl (C=O) groups excluding carboxylic acids is 1. The second-order valence-electron chi connectivity index (χ2n) is 5.64. The monoisotopic (exact) mass is 369 g/mol. The number of nitrogens with one attached hydrogen (secondary N) is 2. The topological polar surface area (TPSA) is 110 Å². The summed E-state index contributed by atoms with van der Waals surface area (Å²) in [7, 11) is 0. The number of amides is 1. The Morgan fingerprint density at radius 1 is 1.26 bits per heavy atom. The summed E-state index contributed by atoms with van der Waals surface area (Å²) >= 11 is 0. The highest BCUT2D eigenvalue weighted by Crippen LogP contribution is 2.12. The maximum Gasteiger partial charge on any atom is 0.263 e. The fourth-order valence-corrected chi connectivity index (χ4v) is 2.25. The Morgan fingerprint density at radius 3 is 2.70 bits per heavy atom. The molecule has 138 valence electrons. The molecule has 0 saturated carbocycles. The van der Waals surface area contributed by atoms with Gasteiger partial charge in [-0.3, -0.25) is 9.59 Å². The van der Waals surface area contributed by atoms with Crippen LogP contribution in [0, 0.1) is 5.82 Å². The Kier molecular flexibility index (Phi) is 5.50. The molecule has 2 aromatic heterocycles. The van der Waals surface area contributed by atoms with E-state index in [2.05, 4.69) is 25.3 Å². The Bertz CT molecular complexity index is 976. The van der Waals surface area contributed by atoms with Crippen molar-refractivity contribution in [2.24, 2.45) is 0 Å². The Labute approximate surface area is 153 Å². The molecule has 2 N–H and O–H groups in total. The predicted octanol–water partition coefficient (Wildman–Crippen LogP) is 1.77. The fourth-order valence-electron chi connectivity index (χ4n) is 2.25. The van der Waals surface area contributed by atoms with Crippen molar-refractivity contribution < 1.29 is 13.9 Å². The Hall–Kier alpha value is -3.62. The third-order valence-corrected chi connectivity index (χ3v) is 3.68. The first-order valence-corrected chi connectivity index (χ1v) is 8.06. The zero-order valence-corrected chi connectivity index (χ0v) is 14.3. The SMILES string of the molecule is C[C@H](NC(=O)c1cnc(COc2ccc(F)cc2)[nH]c1=O)c1ccncn1. The summed E-state index contributed by atoms with van der Waals surface area (Å²) in [6.45, 7) is 1.72. The molecular weight excluding hydrogens is 353 g/mol. The summed E-state index contributed by atoms with van der Waals surface area (Å²) in [6, 6.07) is 6.72. The number of aromatic amines is 1. The van der Waals surface area contributed by atoms with Crippen molar-refractivity contribution >= 4 is 5.91 Å².